The standard InChI is InChI=1S/C16H21N3O4/c20-13-4-3-9-18(11-13)16(21)14-10-12(19(22)23)5-6-15(14)17-7-1-2-8-17/h5-6,10,13,20H,1-4,7-9,11H2. The van der Waals surface area contributed by atoms with Crippen LogP contribution in [-0.4, -0.2) is 53.1 Å². The number of carbonyl (C=O) groups excluding carboxylic acids is 1. The fourth-order valence-corrected chi connectivity index (χ4v) is 3.35. The number of nitro benzene ring substituents is 1. The van der Waals surface area contributed by atoms with E-state index >= 15 is 0 Å². The highest BCUT2D eigenvalue weighted by atomic mass is 16.6. The van der Waals surface area contributed by atoms with Crippen molar-refractivity contribution in [2.24, 2.45) is 0 Å². The summed E-state index contributed by atoms with van der Waals surface area (Å²) in [4.78, 5) is 27.2. The Balaban J connectivity index is 1.94. The lowest BCUT2D eigenvalue weighted by Gasteiger charge is -2.31. The van der Waals surface area contributed by atoms with Gasteiger partial charge in [-0.2, -0.15) is 0 Å². The molecule has 0 bridgehead atoms. The van der Waals surface area contributed by atoms with Crippen LogP contribution in [0.5, 0.6) is 0 Å². The van der Waals surface area contributed by atoms with Gasteiger partial charge in [0.1, 0.15) is 0 Å². The van der Waals surface area contributed by atoms with Gasteiger partial charge in [-0.1, -0.05) is 0 Å². The number of nitro groups is 1. The number of amides is 1. The van der Waals surface area contributed by atoms with E-state index in [9.17, 15) is 20.0 Å². The van der Waals surface area contributed by atoms with Crippen LogP contribution in [0.3, 0.4) is 0 Å². The largest absolute Gasteiger partial charge is 0.391 e. The van der Waals surface area contributed by atoms with E-state index in [1.807, 2.05) is 0 Å². The van der Waals surface area contributed by atoms with Crippen LogP contribution in [0.2, 0.25) is 0 Å². The lowest BCUT2D eigenvalue weighted by atomic mass is 10.0. The van der Waals surface area contributed by atoms with Crippen molar-refractivity contribution in [1.29, 1.82) is 0 Å². The Morgan fingerprint density at radius 2 is 1.96 bits per heavy atom. The van der Waals surface area contributed by atoms with E-state index in [0.717, 1.165) is 38.0 Å². The molecule has 2 heterocycles. The third kappa shape index (κ3) is 3.29. The van der Waals surface area contributed by atoms with Gasteiger partial charge in [-0.15, -0.1) is 0 Å². The van der Waals surface area contributed by atoms with Gasteiger partial charge in [0.15, 0.2) is 0 Å². The highest BCUT2D eigenvalue weighted by Crippen LogP contribution is 2.30. The fourth-order valence-electron chi connectivity index (χ4n) is 3.35. The number of likely N-dealkylation sites (tertiary alicyclic amines) is 1. The van der Waals surface area contributed by atoms with Crippen LogP contribution < -0.4 is 4.90 Å². The maximum absolute atomic E-state index is 12.9. The quantitative estimate of drug-likeness (QED) is 0.678. The van der Waals surface area contributed by atoms with Crippen molar-refractivity contribution >= 4 is 17.3 Å². The number of hydrogen-bond donors (Lipinski definition) is 1. The van der Waals surface area contributed by atoms with Crippen LogP contribution in [0.1, 0.15) is 36.0 Å². The molecule has 23 heavy (non-hydrogen) atoms. The number of anilines is 1. The van der Waals surface area contributed by atoms with E-state index in [0.29, 0.717) is 25.1 Å². The van der Waals surface area contributed by atoms with Crippen LogP contribution in [0, 0.1) is 10.1 Å². The van der Waals surface area contributed by atoms with Crippen LogP contribution in [-0.2, 0) is 0 Å². The Morgan fingerprint density at radius 1 is 1.22 bits per heavy atom. The molecule has 1 amide bonds. The SMILES string of the molecule is O=C(c1cc([N+](=O)[O-])ccc1N1CCCC1)N1CCCC(O)C1. The minimum Gasteiger partial charge on any atom is -0.391 e. The molecule has 0 saturated carbocycles. The average molecular weight is 319 g/mol. The average Bonchev–Trinajstić information content (AvgIpc) is 3.08. The minimum atomic E-state index is -0.512. The molecular weight excluding hydrogens is 298 g/mol. The molecule has 2 aliphatic rings. The van der Waals surface area contributed by atoms with Crippen molar-refractivity contribution in [1.82, 2.24) is 4.90 Å². The second-order valence-electron chi connectivity index (χ2n) is 6.20. The molecule has 3 rings (SSSR count). The molecule has 0 aromatic heterocycles. The zero-order valence-corrected chi connectivity index (χ0v) is 13.0. The first kappa shape index (κ1) is 15.7. The first-order chi connectivity index (χ1) is 11.1. The summed E-state index contributed by atoms with van der Waals surface area (Å²) in [6.07, 6.45) is 3.06. The van der Waals surface area contributed by atoms with Crippen molar-refractivity contribution in [3.05, 3.63) is 33.9 Å². The van der Waals surface area contributed by atoms with Crippen molar-refractivity contribution in [3.63, 3.8) is 0 Å². The zero-order chi connectivity index (χ0) is 16.4. The topological polar surface area (TPSA) is 86.9 Å². The highest BCUT2D eigenvalue weighted by molar-refractivity contribution is 6.00. The van der Waals surface area contributed by atoms with Gasteiger partial charge in [-0.05, 0) is 31.7 Å². The predicted octanol–water partition coefficient (Wildman–Crippen LogP) is 1.79. The first-order valence-corrected chi connectivity index (χ1v) is 8.07. The van der Waals surface area contributed by atoms with Gasteiger partial charge < -0.3 is 14.9 Å². The van der Waals surface area contributed by atoms with Crippen molar-refractivity contribution in [2.45, 2.75) is 31.8 Å². The second-order valence-corrected chi connectivity index (χ2v) is 6.20. The summed E-state index contributed by atoms with van der Waals surface area (Å²) in [5, 5.41) is 20.9. The van der Waals surface area contributed by atoms with Gasteiger partial charge in [-0.25, -0.2) is 0 Å². The lowest BCUT2D eigenvalue weighted by Crippen LogP contribution is -2.42. The van der Waals surface area contributed by atoms with Crippen LogP contribution >= 0.6 is 0 Å². The molecule has 0 spiro atoms. The normalized spacial score (nSPS) is 21.5. The van der Waals surface area contributed by atoms with Gasteiger partial charge in [0.2, 0.25) is 0 Å². The molecule has 2 fully saturated rings. The summed E-state index contributed by atoms with van der Waals surface area (Å²) < 4.78 is 0. The van der Waals surface area contributed by atoms with Gasteiger partial charge in [0, 0.05) is 38.3 Å². The molecule has 0 aliphatic carbocycles. The van der Waals surface area contributed by atoms with Crippen molar-refractivity contribution in [2.75, 3.05) is 31.1 Å². The van der Waals surface area contributed by atoms with E-state index in [4.69, 9.17) is 0 Å². The molecule has 124 valence electrons. The second kappa shape index (κ2) is 6.54. The molecule has 1 N–H and O–H groups in total. The number of non-ortho nitro benzene ring substituents is 1. The number of aliphatic hydroxyl groups is 1. The van der Waals surface area contributed by atoms with Crippen LogP contribution in [0.25, 0.3) is 0 Å². The van der Waals surface area contributed by atoms with Crippen LogP contribution in [0.4, 0.5) is 11.4 Å². The third-order valence-electron chi connectivity index (χ3n) is 4.55. The monoisotopic (exact) mass is 319 g/mol. The lowest BCUT2D eigenvalue weighted by molar-refractivity contribution is -0.384. The Bertz CT molecular complexity index is 613. The number of benzene rings is 1. The third-order valence-corrected chi connectivity index (χ3v) is 4.55. The predicted molar refractivity (Wildman–Crippen MR) is 85.7 cm³/mol. The van der Waals surface area contributed by atoms with E-state index in [1.54, 1.807) is 11.0 Å². The van der Waals surface area contributed by atoms with Gasteiger partial charge >= 0.3 is 0 Å². The number of nitrogens with zero attached hydrogens (tertiary/aromatic N) is 3. The molecular formula is C16H21N3O4. The van der Waals surface area contributed by atoms with Gasteiger partial charge in [0.05, 0.1) is 22.3 Å². The maximum atomic E-state index is 12.9. The summed E-state index contributed by atoms with van der Waals surface area (Å²) in [5.74, 6) is -0.227. The zero-order valence-electron chi connectivity index (χ0n) is 13.0. The Kier molecular flexibility index (Phi) is 4.47. The van der Waals surface area contributed by atoms with E-state index in [2.05, 4.69) is 4.90 Å². The Labute approximate surface area is 134 Å². The summed E-state index contributed by atoms with van der Waals surface area (Å²) in [5.41, 5.74) is 1.06. The number of carbonyl (C=O) groups is 1. The first-order valence-electron chi connectivity index (χ1n) is 8.07. The summed E-state index contributed by atoms with van der Waals surface area (Å²) in [7, 11) is 0. The molecule has 1 unspecified atom stereocenters. The van der Waals surface area contributed by atoms with E-state index in [-0.39, 0.29) is 11.6 Å². The number of piperidine rings is 1. The number of hydrogen-bond acceptors (Lipinski definition) is 5. The van der Waals surface area contributed by atoms with Gasteiger partial charge in [0.25, 0.3) is 11.6 Å². The Hall–Kier alpha value is -2.15. The molecule has 7 nitrogen and oxygen atoms in total. The molecule has 2 saturated heterocycles. The van der Waals surface area contributed by atoms with E-state index in [1.165, 1.54) is 12.1 Å². The molecule has 1 aromatic carbocycles. The molecule has 2 aliphatic heterocycles. The van der Waals surface area contributed by atoms with E-state index < -0.39 is 11.0 Å². The number of aliphatic hydroxyl groups excluding tert-OH is 1. The molecule has 1 atom stereocenters. The van der Waals surface area contributed by atoms with Crippen LogP contribution in [0.15, 0.2) is 18.2 Å². The summed E-state index contributed by atoms with van der Waals surface area (Å²) in [6.45, 7) is 2.60. The maximum Gasteiger partial charge on any atom is 0.270 e. The molecule has 1 aromatic rings. The van der Waals surface area contributed by atoms with Crippen molar-refractivity contribution < 1.29 is 14.8 Å². The summed E-state index contributed by atoms with van der Waals surface area (Å²) in [6, 6.07) is 4.50. The smallest absolute Gasteiger partial charge is 0.270 e. The molecule has 0 radical (unpaired) electrons. The summed E-state index contributed by atoms with van der Waals surface area (Å²) >= 11 is 0. The highest BCUT2D eigenvalue weighted by Gasteiger charge is 2.28. The Morgan fingerprint density at radius 3 is 2.61 bits per heavy atom. The van der Waals surface area contributed by atoms with Gasteiger partial charge in [-0.3, -0.25) is 14.9 Å². The molecule has 7 heteroatoms. The minimum absolute atomic E-state index is 0.0751. The number of rotatable bonds is 3. The van der Waals surface area contributed by atoms with Crippen molar-refractivity contribution in [3.8, 4) is 0 Å². The number of β-amino-alcohol motifs (C(OH)–C–C–N with tert-alkyl or cyclic N) is 1. The fraction of sp³-hybridized carbons (Fsp3) is 0.562.